The minimum Gasteiger partial charge on any atom is -0.480 e. The number of amides is 1. The second-order valence-corrected chi connectivity index (χ2v) is 8.35. The predicted molar refractivity (Wildman–Crippen MR) is 118 cm³/mol. The van der Waals surface area contributed by atoms with Crippen molar-refractivity contribution >= 4 is 29.8 Å². The molecule has 3 rings (SSSR count). The maximum atomic E-state index is 12.9. The molecule has 1 aliphatic carbocycles. The van der Waals surface area contributed by atoms with Crippen LogP contribution in [0, 0.1) is 0 Å². The molecule has 2 N–H and O–H groups in total. The Morgan fingerprint density at radius 3 is 2.03 bits per heavy atom. The van der Waals surface area contributed by atoms with Crippen molar-refractivity contribution < 1.29 is 29.3 Å². The van der Waals surface area contributed by atoms with Crippen LogP contribution in [0.5, 0.6) is 0 Å². The van der Waals surface area contributed by atoms with E-state index in [4.69, 9.17) is 4.74 Å². The number of carboxylic acids is 2. The highest BCUT2D eigenvalue weighted by molar-refractivity contribution is 7.98. The number of hydrogen-bond donors (Lipinski definition) is 2. The van der Waals surface area contributed by atoms with Gasteiger partial charge in [-0.2, -0.15) is 11.8 Å². The number of hydrogen-bond acceptors (Lipinski definition) is 5. The van der Waals surface area contributed by atoms with Gasteiger partial charge in [-0.3, -0.25) is 4.90 Å². The molecular formula is C23H25NO6S. The fourth-order valence-electron chi connectivity index (χ4n) is 3.95. The van der Waals surface area contributed by atoms with Crippen molar-refractivity contribution in [2.24, 2.45) is 0 Å². The molecule has 0 fully saturated rings. The summed E-state index contributed by atoms with van der Waals surface area (Å²) in [7, 11) is 0. The van der Waals surface area contributed by atoms with Gasteiger partial charge in [0.15, 0.2) is 0 Å². The summed E-state index contributed by atoms with van der Waals surface area (Å²) in [4.78, 5) is 37.2. The number of aliphatic carboxylic acids is 2. The molecule has 2 aromatic carbocycles. The zero-order chi connectivity index (χ0) is 22.5. The lowest BCUT2D eigenvalue weighted by molar-refractivity contribution is -0.148. The van der Waals surface area contributed by atoms with E-state index in [9.17, 15) is 24.6 Å². The molecule has 1 amide bonds. The molecule has 2 aromatic rings. The molecule has 2 atom stereocenters. The van der Waals surface area contributed by atoms with Crippen LogP contribution in [0.15, 0.2) is 48.5 Å². The van der Waals surface area contributed by atoms with E-state index in [0.717, 1.165) is 27.2 Å². The van der Waals surface area contributed by atoms with Gasteiger partial charge in [0.25, 0.3) is 0 Å². The van der Waals surface area contributed by atoms with E-state index in [1.54, 1.807) is 0 Å². The molecule has 0 radical (unpaired) electrons. The van der Waals surface area contributed by atoms with Crippen LogP contribution in [0.25, 0.3) is 11.1 Å². The molecule has 0 aliphatic heterocycles. The Morgan fingerprint density at radius 2 is 1.55 bits per heavy atom. The summed E-state index contributed by atoms with van der Waals surface area (Å²) in [5.41, 5.74) is 4.18. The van der Waals surface area contributed by atoms with Crippen LogP contribution in [0.2, 0.25) is 0 Å². The average Bonchev–Trinajstić information content (AvgIpc) is 3.08. The lowest BCUT2D eigenvalue weighted by Crippen LogP contribution is -2.53. The van der Waals surface area contributed by atoms with E-state index in [-0.39, 0.29) is 18.9 Å². The third kappa shape index (κ3) is 4.69. The minimum atomic E-state index is -1.33. The summed E-state index contributed by atoms with van der Waals surface area (Å²) in [6.45, 7) is 1.28. The van der Waals surface area contributed by atoms with Crippen LogP contribution in [0.3, 0.4) is 0 Å². The molecular weight excluding hydrogens is 418 g/mol. The average molecular weight is 444 g/mol. The number of rotatable bonds is 9. The summed E-state index contributed by atoms with van der Waals surface area (Å²) in [5, 5.41) is 19.1. The van der Waals surface area contributed by atoms with Crippen LogP contribution >= 0.6 is 11.8 Å². The number of carbonyl (C=O) groups is 3. The smallest absolute Gasteiger partial charge is 0.411 e. The van der Waals surface area contributed by atoms with E-state index in [0.29, 0.717) is 5.75 Å². The van der Waals surface area contributed by atoms with Crippen molar-refractivity contribution in [3.63, 3.8) is 0 Å². The molecule has 1 unspecified atom stereocenters. The summed E-state index contributed by atoms with van der Waals surface area (Å²) in [6, 6.07) is 13.1. The largest absolute Gasteiger partial charge is 0.480 e. The molecule has 0 heterocycles. The number of thioether (sulfide) groups is 1. The number of nitrogens with zero attached hydrogens (tertiary/aromatic N) is 1. The van der Waals surface area contributed by atoms with Gasteiger partial charge >= 0.3 is 18.0 Å². The summed E-state index contributed by atoms with van der Waals surface area (Å²) >= 11 is 1.43. The van der Waals surface area contributed by atoms with E-state index in [2.05, 4.69) is 0 Å². The summed E-state index contributed by atoms with van der Waals surface area (Å²) in [5.74, 6) is -2.27. The third-order valence-corrected chi connectivity index (χ3v) is 6.18. The zero-order valence-corrected chi connectivity index (χ0v) is 18.2. The van der Waals surface area contributed by atoms with Crippen molar-refractivity contribution in [3.8, 4) is 11.1 Å². The maximum Gasteiger partial charge on any atom is 0.411 e. The van der Waals surface area contributed by atoms with Crippen molar-refractivity contribution in [2.45, 2.75) is 31.3 Å². The van der Waals surface area contributed by atoms with Crippen LogP contribution in [-0.4, -0.2) is 63.8 Å². The lowest BCUT2D eigenvalue weighted by Gasteiger charge is -2.31. The van der Waals surface area contributed by atoms with Gasteiger partial charge < -0.3 is 14.9 Å². The Morgan fingerprint density at radius 1 is 1.00 bits per heavy atom. The molecule has 0 bridgehead atoms. The van der Waals surface area contributed by atoms with Crippen molar-refractivity contribution in [1.82, 2.24) is 4.90 Å². The first-order chi connectivity index (χ1) is 14.9. The normalized spacial score (nSPS) is 14.3. The van der Waals surface area contributed by atoms with Gasteiger partial charge in [0.05, 0.1) is 0 Å². The highest BCUT2D eigenvalue weighted by Gasteiger charge is 2.38. The van der Waals surface area contributed by atoms with Crippen molar-refractivity contribution in [1.29, 1.82) is 0 Å². The first-order valence-electron chi connectivity index (χ1n) is 9.94. The quantitative estimate of drug-likeness (QED) is 0.605. The Hall–Kier alpha value is -3.00. The molecule has 8 heteroatoms. The third-order valence-electron chi connectivity index (χ3n) is 5.54. The first-order valence-corrected chi connectivity index (χ1v) is 11.3. The van der Waals surface area contributed by atoms with Gasteiger partial charge in [-0.1, -0.05) is 48.5 Å². The number of benzene rings is 2. The SMILES string of the molecule is CSCC[C@@H](C(=O)O)N(C(=O)OCC1c2ccccc2-c2ccccc21)C(C)C(=O)O. The van der Waals surface area contributed by atoms with Gasteiger partial charge in [0.2, 0.25) is 0 Å². The highest BCUT2D eigenvalue weighted by Crippen LogP contribution is 2.44. The molecule has 1 aliphatic rings. The molecule has 0 saturated carbocycles. The van der Waals surface area contributed by atoms with Gasteiger partial charge in [-0.25, -0.2) is 14.4 Å². The highest BCUT2D eigenvalue weighted by atomic mass is 32.2. The Bertz CT molecular complexity index is 933. The molecule has 31 heavy (non-hydrogen) atoms. The second-order valence-electron chi connectivity index (χ2n) is 7.36. The van der Waals surface area contributed by atoms with Gasteiger partial charge in [0, 0.05) is 5.92 Å². The van der Waals surface area contributed by atoms with E-state index in [1.165, 1.54) is 18.7 Å². The van der Waals surface area contributed by atoms with Crippen LogP contribution in [-0.2, 0) is 14.3 Å². The van der Waals surface area contributed by atoms with E-state index < -0.39 is 30.1 Å². The standard InChI is InChI=1S/C23H25NO6S/c1-14(21(25)26)24(20(22(27)28)11-12-31-2)23(29)30-13-19-17-9-5-3-7-15(17)16-8-4-6-10-18(16)19/h3-10,14,19-20H,11-13H2,1-2H3,(H,25,26)(H,27,28)/t14?,20-/m0/s1. The van der Waals surface area contributed by atoms with Crippen LogP contribution in [0.4, 0.5) is 4.79 Å². The number of carboxylic acid groups (broad SMARTS) is 2. The molecule has 164 valence electrons. The monoisotopic (exact) mass is 443 g/mol. The van der Waals surface area contributed by atoms with Crippen LogP contribution in [0.1, 0.15) is 30.4 Å². The summed E-state index contributed by atoms with van der Waals surface area (Å²) < 4.78 is 5.54. The Kier molecular flexibility index (Phi) is 7.22. The predicted octanol–water partition coefficient (Wildman–Crippen LogP) is 3.92. The topological polar surface area (TPSA) is 104 Å². The molecule has 0 aromatic heterocycles. The minimum absolute atomic E-state index is 0.00936. The van der Waals surface area contributed by atoms with Gasteiger partial charge in [0.1, 0.15) is 18.7 Å². The number of ether oxygens (including phenoxy) is 1. The molecule has 0 saturated heterocycles. The maximum absolute atomic E-state index is 12.9. The first kappa shape index (κ1) is 22.7. The van der Waals surface area contributed by atoms with Crippen molar-refractivity contribution in [2.75, 3.05) is 18.6 Å². The lowest BCUT2D eigenvalue weighted by atomic mass is 9.98. The van der Waals surface area contributed by atoms with E-state index >= 15 is 0 Å². The Balaban J connectivity index is 1.84. The van der Waals surface area contributed by atoms with Gasteiger partial charge in [-0.15, -0.1) is 0 Å². The molecule has 0 spiro atoms. The van der Waals surface area contributed by atoms with Crippen molar-refractivity contribution in [3.05, 3.63) is 59.7 Å². The second kappa shape index (κ2) is 9.87. The number of carbonyl (C=O) groups excluding carboxylic acids is 1. The van der Waals surface area contributed by atoms with E-state index in [1.807, 2.05) is 54.8 Å². The zero-order valence-electron chi connectivity index (χ0n) is 17.4. The molecule has 7 nitrogen and oxygen atoms in total. The number of fused-ring (bicyclic) bond motifs is 3. The van der Waals surface area contributed by atoms with Gasteiger partial charge in [-0.05, 0) is 47.6 Å². The summed E-state index contributed by atoms with van der Waals surface area (Å²) in [6.07, 6.45) is 1.00. The fourth-order valence-corrected chi connectivity index (χ4v) is 4.41. The van der Waals surface area contributed by atoms with Crippen LogP contribution < -0.4 is 0 Å². The fraction of sp³-hybridized carbons (Fsp3) is 0.348. The Labute approximate surface area is 185 Å².